The maximum absolute atomic E-state index is 15.1. The Morgan fingerprint density at radius 1 is 0.830 bits per heavy atom. The summed E-state index contributed by atoms with van der Waals surface area (Å²) in [6, 6.07) is 24.6. The van der Waals surface area contributed by atoms with Gasteiger partial charge in [-0.3, -0.25) is 14.4 Å². The molecule has 0 bridgehead atoms. The van der Waals surface area contributed by atoms with Crippen molar-refractivity contribution in [3.8, 4) is 0 Å². The maximum atomic E-state index is 15.1. The first-order valence-corrected chi connectivity index (χ1v) is 16.6. The molecule has 3 aromatic rings. The zero-order valence-corrected chi connectivity index (χ0v) is 27.0. The van der Waals surface area contributed by atoms with Gasteiger partial charge < -0.3 is 24.5 Å². The average Bonchev–Trinajstić information content (AvgIpc) is 3.39. The lowest BCUT2D eigenvalue weighted by Gasteiger charge is -2.41. The van der Waals surface area contributed by atoms with E-state index in [1.165, 1.54) is 4.90 Å². The summed E-state index contributed by atoms with van der Waals surface area (Å²) in [6.07, 6.45) is 8.32. The highest BCUT2D eigenvalue weighted by molar-refractivity contribution is 6.34. The molecule has 0 aliphatic carbocycles. The van der Waals surface area contributed by atoms with Crippen LogP contribution in [0.5, 0.6) is 0 Å². The molecule has 1 N–H and O–H groups in total. The predicted molar refractivity (Wildman–Crippen MR) is 179 cm³/mol. The first-order chi connectivity index (χ1) is 22.8. The van der Waals surface area contributed by atoms with E-state index >= 15 is 4.79 Å². The van der Waals surface area contributed by atoms with Gasteiger partial charge in [-0.05, 0) is 36.1 Å². The van der Waals surface area contributed by atoms with Crippen molar-refractivity contribution in [3.05, 3.63) is 125 Å². The van der Waals surface area contributed by atoms with Crippen LogP contribution in [0.1, 0.15) is 24.5 Å². The largest absolute Gasteiger partial charge is 0.394 e. The maximum Gasteiger partial charge on any atom is 0.253 e. The van der Waals surface area contributed by atoms with Gasteiger partial charge in [0.05, 0.1) is 40.8 Å². The van der Waals surface area contributed by atoms with E-state index in [0.29, 0.717) is 36.6 Å². The summed E-state index contributed by atoms with van der Waals surface area (Å²) in [4.78, 5) is 49.6. The highest BCUT2D eigenvalue weighted by Crippen LogP contribution is 2.59. The van der Waals surface area contributed by atoms with E-state index in [-0.39, 0.29) is 30.9 Å². The van der Waals surface area contributed by atoms with Gasteiger partial charge in [-0.15, -0.1) is 0 Å². The molecule has 1 spiro atoms. The van der Waals surface area contributed by atoms with Crippen LogP contribution < -0.4 is 4.90 Å². The van der Waals surface area contributed by atoms with Crippen LogP contribution in [0.3, 0.4) is 0 Å². The van der Waals surface area contributed by atoms with E-state index in [1.807, 2.05) is 98.0 Å². The number of carbonyl (C=O) groups is 3. The van der Waals surface area contributed by atoms with E-state index < -0.39 is 35.1 Å². The molecule has 0 saturated carbocycles. The number of carbonyl (C=O) groups excluding carboxylic acids is 3. The number of rotatable bonds is 8. The second-order valence-electron chi connectivity index (χ2n) is 12.8. The molecule has 4 aliphatic rings. The number of fused-ring (bicyclic) bond motifs is 2. The van der Waals surface area contributed by atoms with Gasteiger partial charge in [-0.2, -0.15) is 0 Å². The van der Waals surface area contributed by atoms with Crippen LogP contribution in [0, 0.1) is 11.8 Å². The number of benzene rings is 3. The van der Waals surface area contributed by atoms with Crippen LogP contribution in [0.25, 0.3) is 0 Å². The molecule has 7 rings (SSSR count). The van der Waals surface area contributed by atoms with Gasteiger partial charge in [0.15, 0.2) is 0 Å². The van der Waals surface area contributed by atoms with Crippen molar-refractivity contribution in [2.45, 2.75) is 49.6 Å². The number of amides is 3. The molecule has 4 aliphatic heterocycles. The van der Waals surface area contributed by atoms with Crippen molar-refractivity contribution in [1.29, 1.82) is 0 Å². The summed E-state index contributed by atoms with van der Waals surface area (Å²) in [5, 5.41) is 11.2. The van der Waals surface area contributed by atoms with Crippen LogP contribution >= 0.6 is 11.6 Å². The number of aliphatic hydroxyl groups excluding tert-OH is 1. The second-order valence-corrected chi connectivity index (χ2v) is 13.2. The normalized spacial score (nSPS) is 29.0. The Hall–Kier alpha value is -4.24. The molecule has 9 heteroatoms. The van der Waals surface area contributed by atoms with E-state index in [9.17, 15) is 14.7 Å². The van der Waals surface area contributed by atoms with E-state index in [4.69, 9.17) is 16.3 Å². The molecule has 47 heavy (non-hydrogen) atoms. The van der Waals surface area contributed by atoms with Crippen molar-refractivity contribution >= 4 is 35.0 Å². The van der Waals surface area contributed by atoms with Crippen molar-refractivity contribution < 1.29 is 24.2 Å². The highest BCUT2D eigenvalue weighted by Gasteiger charge is 2.76. The van der Waals surface area contributed by atoms with Gasteiger partial charge in [0.25, 0.3) is 5.91 Å². The number of halogens is 1. The van der Waals surface area contributed by atoms with Crippen LogP contribution in [0.15, 0.2) is 109 Å². The van der Waals surface area contributed by atoms with Crippen LogP contribution in [0.2, 0.25) is 5.02 Å². The number of nitrogens with zero attached hydrogens (tertiary/aromatic N) is 3. The average molecular weight is 652 g/mol. The number of hydrogen-bond donors (Lipinski definition) is 1. The van der Waals surface area contributed by atoms with Gasteiger partial charge in [0.1, 0.15) is 11.6 Å². The van der Waals surface area contributed by atoms with Gasteiger partial charge in [0.2, 0.25) is 11.8 Å². The third-order valence-corrected chi connectivity index (χ3v) is 10.6. The fourth-order valence-electron chi connectivity index (χ4n) is 8.11. The molecule has 0 radical (unpaired) electrons. The number of anilines is 1. The number of ether oxygens (including phenoxy) is 1. The van der Waals surface area contributed by atoms with Crippen molar-refractivity contribution in [3.63, 3.8) is 0 Å². The molecule has 2 fully saturated rings. The monoisotopic (exact) mass is 651 g/mol. The third-order valence-electron chi connectivity index (χ3n) is 10.2. The number of likely N-dealkylation sites (tertiary alicyclic amines) is 1. The van der Waals surface area contributed by atoms with Gasteiger partial charge in [-0.25, -0.2) is 0 Å². The van der Waals surface area contributed by atoms with Gasteiger partial charge in [-0.1, -0.05) is 116 Å². The summed E-state index contributed by atoms with van der Waals surface area (Å²) in [5.74, 6) is -2.79. The summed E-state index contributed by atoms with van der Waals surface area (Å²) in [5.41, 5.74) is -0.151. The molecule has 8 nitrogen and oxygen atoms in total. The molecule has 242 valence electrons. The van der Waals surface area contributed by atoms with Crippen molar-refractivity contribution in [2.75, 3.05) is 24.6 Å². The third kappa shape index (κ3) is 5.10. The highest BCUT2D eigenvalue weighted by atomic mass is 35.5. The first-order valence-electron chi connectivity index (χ1n) is 16.2. The van der Waals surface area contributed by atoms with Gasteiger partial charge in [0, 0.05) is 19.6 Å². The van der Waals surface area contributed by atoms with E-state index in [2.05, 4.69) is 0 Å². The molecule has 6 atom stereocenters. The van der Waals surface area contributed by atoms with Gasteiger partial charge >= 0.3 is 0 Å². The minimum Gasteiger partial charge on any atom is -0.394 e. The molecular weight excluding hydrogens is 614 g/mol. The second kappa shape index (κ2) is 12.4. The minimum absolute atomic E-state index is 0.187. The summed E-state index contributed by atoms with van der Waals surface area (Å²) >= 11 is 6.63. The molecule has 1 unspecified atom stereocenters. The summed E-state index contributed by atoms with van der Waals surface area (Å²) in [7, 11) is 0. The number of para-hydroxylation sites is 1. The summed E-state index contributed by atoms with van der Waals surface area (Å²) in [6.45, 7) is 2.54. The molecule has 0 aromatic heterocycles. The smallest absolute Gasteiger partial charge is 0.253 e. The molecule has 3 amide bonds. The predicted octanol–water partition coefficient (Wildman–Crippen LogP) is 4.81. The van der Waals surface area contributed by atoms with E-state index in [1.54, 1.807) is 28.0 Å². The Balaban J connectivity index is 1.36. The van der Waals surface area contributed by atoms with Crippen LogP contribution in [0.4, 0.5) is 5.69 Å². The fraction of sp³-hybridized carbons (Fsp3) is 0.342. The zero-order chi connectivity index (χ0) is 32.8. The van der Waals surface area contributed by atoms with Crippen LogP contribution in [-0.2, 0) is 32.1 Å². The Kier molecular flexibility index (Phi) is 8.28. The first kappa shape index (κ1) is 31.4. The minimum atomic E-state index is -1.45. The molecule has 2 saturated heterocycles. The van der Waals surface area contributed by atoms with Crippen molar-refractivity contribution in [1.82, 2.24) is 9.80 Å². The Labute approximate surface area is 279 Å². The number of aliphatic hydroxyl groups is 1. The molecule has 3 aromatic carbocycles. The quantitative estimate of drug-likeness (QED) is 0.354. The standard InChI is InChI=1S/C38H38ClN3O5/c1-2-37-19-11-21-40(24-27-15-7-4-8-16-27)34(44)31(37)32-35(45)42(28(25-43)23-26-13-5-3-6-14-26)33-36(46)41(22-12-20-38(32,33)47-37)30-18-10-9-17-29(30)39/h3-20,28,31-33,43H,2,21-25H2,1H3/t28-,31+,32+,33?,37-,38+/m1/s1. The lowest BCUT2D eigenvalue weighted by atomic mass is 9.73. The Morgan fingerprint density at radius 2 is 1.49 bits per heavy atom. The molecular formula is C38H38ClN3O5. The lowest BCUT2D eigenvalue weighted by Crippen LogP contribution is -2.59. The lowest BCUT2D eigenvalue weighted by molar-refractivity contribution is -0.152. The zero-order valence-electron chi connectivity index (χ0n) is 26.2. The van der Waals surface area contributed by atoms with Crippen molar-refractivity contribution in [2.24, 2.45) is 11.8 Å². The molecule has 4 heterocycles. The van der Waals surface area contributed by atoms with E-state index in [0.717, 1.165) is 11.1 Å². The Morgan fingerprint density at radius 3 is 2.17 bits per heavy atom. The SMILES string of the molecule is CC[C@@]12C=CCN(Cc3ccccc3)C(=O)[C@@H]1[C@H]1C(=O)N([C@@H](CO)Cc3ccccc3)C3C(=O)N(c4ccccc4Cl)CC=C[C@@]31O2. The number of hydrogen-bond acceptors (Lipinski definition) is 5. The van der Waals surface area contributed by atoms with Crippen LogP contribution in [-0.4, -0.2) is 75.6 Å². The summed E-state index contributed by atoms with van der Waals surface area (Å²) < 4.78 is 7.13. The topological polar surface area (TPSA) is 90.4 Å². The Bertz CT molecular complexity index is 1730. The fourth-order valence-corrected chi connectivity index (χ4v) is 8.35.